The summed E-state index contributed by atoms with van der Waals surface area (Å²) in [5.74, 6) is 0. The van der Waals surface area contributed by atoms with Gasteiger partial charge >= 0.3 is 0 Å². The third-order valence-corrected chi connectivity index (χ3v) is 2.72. The summed E-state index contributed by atoms with van der Waals surface area (Å²) in [6.07, 6.45) is 4.27. The van der Waals surface area contributed by atoms with E-state index in [1.54, 1.807) is 12.5 Å². The van der Waals surface area contributed by atoms with E-state index < -0.39 is 0 Å². The van der Waals surface area contributed by atoms with Gasteiger partial charge in [0.15, 0.2) is 0 Å². The molecular weight excluding hydrogens is 190 g/mol. The van der Waals surface area contributed by atoms with Crippen LogP contribution in [0, 0.1) is 5.41 Å². The van der Waals surface area contributed by atoms with Gasteiger partial charge in [-0.3, -0.25) is 0 Å². The van der Waals surface area contributed by atoms with E-state index in [4.69, 9.17) is 9.52 Å². The molecular formula is C12H21NO2. The first kappa shape index (κ1) is 12.3. The van der Waals surface area contributed by atoms with E-state index in [9.17, 15) is 0 Å². The molecule has 0 aliphatic carbocycles. The third kappa shape index (κ3) is 4.06. The van der Waals surface area contributed by atoms with Gasteiger partial charge in [-0.1, -0.05) is 13.8 Å². The Balaban J connectivity index is 2.37. The van der Waals surface area contributed by atoms with Crippen LogP contribution in [-0.4, -0.2) is 18.3 Å². The van der Waals surface area contributed by atoms with Crippen LogP contribution in [-0.2, 0) is 0 Å². The molecule has 1 atom stereocenters. The van der Waals surface area contributed by atoms with E-state index in [0.717, 1.165) is 18.5 Å². The molecule has 0 amide bonds. The number of hydrogen-bond donors (Lipinski definition) is 2. The molecule has 0 bridgehead atoms. The number of nitrogens with one attached hydrogen (secondary N) is 1. The van der Waals surface area contributed by atoms with Gasteiger partial charge in [-0.15, -0.1) is 0 Å². The summed E-state index contributed by atoms with van der Waals surface area (Å²) in [6.45, 7) is 7.55. The van der Waals surface area contributed by atoms with Crippen molar-refractivity contribution in [3.8, 4) is 0 Å². The van der Waals surface area contributed by atoms with E-state index in [2.05, 4.69) is 26.1 Å². The lowest BCUT2D eigenvalue weighted by molar-refractivity contribution is 0.203. The van der Waals surface area contributed by atoms with Crippen LogP contribution in [0.4, 0.5) is 0 Å². The van der Waals surface area contributed by atoms with E-state index in [-0.39, 0.29) is 12.0 Å². The first-order chi connectivity index (χ1) is 7.05. The highest BCUT2D eigenvalue weighted by Gasteiger charge is 2.18. The Bertz CT molecular complexity index is 267. The number of aliphatic hydroxyl groups excluding tert-OH is 1. The van der Waals surface area contributed by atoms with Crippen molar-refractivity contribution in [2.24, 2.45) is 5.41 Å². The van der Waals surface area contributed by atoms with Crippen LogP contribution in [0.1, 0.15) is 38.8 Å². The van der Waals surface area contributed by atoms with Crippen LogP contribution in [0.3, 0.4) is 0 Å². The van der Waals surface area contributed by atoms with Crippen molar-refractivity contribution in [2.75, 3.05) is 13.2 Å². The Morgan fingerprint density at radius 2 is 2.27 bits per heavy atom. The molecule has 15 heavy (non-hydrogen) atoms. The maximum atomic E-state index is 8.91. The molecule has 86 valence electrons. The number of furan rings is 1. The van der Waals surface area contributed by atoms with Crippen molar-refractivity contribution in [3.05, 3.63) is 24.2 Å². The quantitative estimate of drug-likeness (QED) is 0.759. The molecule has 0 saturated carbocycles. The van der Waals surface area contributed by atoms with Gasteiger partial charge in [0.25, 0.3) is 0 Å². The smallest absolute Gasteiger partial charge is 0.0950 e. The first-order valence-electron chi connectivity index (χ1n) is 5.41. The molecule has 0 fully saturated rings. The van der Waals surface area contributed by atoms with Crippen LogP contribution >= 0.6 is 0 Å². The molecule has 0 spiro atoms. The highest BCUT2D eigenvalue weighted by atomic mass is 16.3. The second-order valence-corrected chi connectivity index (χ2v) is 4.80. The molecule has 1 aromatic heterocycles. The maximum Gasteiger partial charge on any atom is 0.0950 e. The molecule has 3 heteroatoms. The van der Waals surface area contributed by atoms with Crippen molar-refractivity contribution in [1.29, 1.82) is 0 Å². The highest BCUT2D eigenvalue weighted by Crippen LogP contribution is 2.20. The summed E-state index contributed by atoms with van der Waals surface area (Å²) in [7, 11) is 0. The minimum atomic E-state index is 0.132. The predicted octanol–water partition coefficient (Wildman–Crippen LogP) is 2.34. The number of rotatable bonds is 6. The van der Waals surface area contributed by atoms with Gasteiger partial charge in [0.1, 0.15) is 0 Å². The van der Waals surface area contributed by atoms with Gasteiger partial charge in [-0.2, -0.15) is 0 Å². The molecule has 1 rings (SSSR count). The zero-order valence-corrected chi connectivity index (χ0v) is 9.79. The third-order valence-electron chi connectivity index (χ3n) is 2.72. The number of aliphatic hydroxyl groups is 1. The summed E-state index contributed by atoms with van der Waals surface area (Å²) in [5, 5.41) is 12.3. The Morgan fingerprint density at radius 1 is 1.53 bits per heavy atom. The van der Waals surface area contributed by atoms with E-state index in [1.807, 2.05) is 6.07 Å². The molecule has 0 aromatic carbocycles. The summed E-state index contributed by atoms with van der Waals surface area (Å²) in [5.41, 5.74) is 1.29. The first-order valence-corrected chi connectivity index (χ1v) is 5.41. The molecule has 0 saturated heterocycles. The average molecular weight is 211 g/mol. The summed E-state index contributed by atoms with van der Waals surface area (Å²) >= 11 is 0. The zero-order valence-electron chi connectivity index (χ0n) is 9.79. The van der Waals surface area contributed by atoms with Crippen molar-refractivity contribution in [3.63, 3.8) is 0 Å². The second-order valence-electron chi connectivity index (χ2n) is 4.80. The highest BCUT2D eigenvalue weighted by molar-refractivity contribution is 5.10. The molecule has 1 heterocycles. The predicted molar refractivity (Wildman–Crippen MR) is 60.6 cm³/mol. The molecule has 1 unspecified atom stereocenters. The molecule has 1 aromatic rings. The molecule has 2 N–H and O–H groups in total. The summed E-state index contributed by atoms with van der Waals surface area (Å²) < 4.78 is 5.04. The lowest BCUT2D eigenvalue weighted by atomic mass is 9.89. The topological polar surface area (TPSA) is 45.4 Å². The maximum absolute atomic E-state index is 8.91. The van der Waals surface area contributed by atoms with Gasteiger partial charge in [0.2, 0.25) is 0 Å². The normalized spacial score (nSPS) is 14.1. The second kappa shape index (κ2) is 5.33. The van der Waals surface area contributed by atoms with Crippen molar-refractivity contribution in [1.82, 2.24) is 5.32 Å². The SMILES string of the molecule is CC(NCC(C)(C)CCO)c1ccoc1. The van der Waals surface area contributed by atoms with Gasteiger partial charge in [-0.25, -0.2) is 0 Å². The van der Waals surface area contributed by atoms with Gasteiger partial charge in [-0.05, 0) is 24.8 Å². The Hall–Kier alpha value is -0.800. The standard InChI is InChI=1S/C12H21NO2/c1-10(11-4-7-15-8-11)13-9-12(2,3)5-6-14/h4,7-8,10,13-14H,5-6,9H2,1-3H3. The van der Waals surface area contributed by atoms with Crippen LogP contribution in [0.25, 0.3) is 0 Å². The molecule has 0 radical (unpaired) electrons. The summed E-state index contributed by atoms with van der Waals surface area (Å²) in [4.78, 5) is 0. The van der Waals surface area contributed by atoms with Crippen LogP contribution in [0.15, 0.2) is 23.0 Å². The Morgan fingerprint density at radius 3 is 2.80 bits per heavy atom. The van der Waals surface area contributed by atoms with E-state index in [0.29, 0.717) is 6.04 Å². The van der Waals surface area contributed by atoms with Gasteiger partial charge in [0.05, 0.1) is 12.5 Å². The van der Waals surface area contributed by atoms with Crippen molar-refractivity contribution in [2.45, 2.75) is 33.2 Å². The Kier molecular flexibility index (Phi) is 4.36. The fourth-order valence-corrected chi connectivity index (χ4v) is 1.46. The van der Waals surface area contributed by atoms with Crippen LogP contribution < -0.4 is 5.32 Å². The minimum absolute atomic E-state index is 0.132. The largest absolute Gasteiger partial charge is 0.472 e. The van der Waals surface area contributed by atoms with Crippen LogP contribution in [0.2, 0.25) is 0 Å². The monoisotopic (exact) mass is 211 g/mol. The fraction of sp³-hybridized carbons (Fsp3) is 0.667. The van der Waals surface area contributed by atoms with Crippen molar-refractivity contribution < 1.29 is 9.52 Å². The van der Waals surface area contributed by atoms with Gasteiger partial charge < -0.3 is 14.8 Å². The molecule has 3 nitrogen and oxygen atoms in total. The fourth-order valence-electron chi connectivity index (χ4n) is 1.46. The lowest BCUT2D eigenvalue weighted by Crippen LogP contribution is -2.31. The van der Waals surface area contributed by atoms with E-state index >= 15 is 0 Å². The van der Waals surface area contributed by atoms with Crippen LogP contribution in [0.5, 0.6) is 0 Å². The lowest BCUT2D eigenvalue weighted by Gasteiger charge is -2.26. The number of hydrogen-bond acceptors (Lipinski definition) is 3. The minimum Gasteiger partial charge on any atom is -0.472 e. The van der Waals surface area contributed by atoms with E-state index in [1.165, 1.54) is 0 Å². The van der Waals surface area contributed by atoms with Gasteiger partial charge in [0, 0.05) is 24.8 Å². The molecule has 0 aliphatic heterocycles. The van der Waals surface area contributed by atoms with Crippen molar-refractivity contribution >= 4 is 0 Å². The Labute approximate surface area is 91.5 Å². The summed E-state index contributed by atoms with van der Waals surface area (Å²) in [6, 6.07) is 2.26. The molecule has 0 aliphatic rings. The average Bonchev–Trinajstić information content (AvgIpc) is 2.67. The zero-order chi connectivity index (χ0) is 11.3.